The lowest BCUT2D eigenvalue weighted by Gasteiger charge is -2.33. The topological polar surface area (TPSA) is 84.0 Å². The zero-order valence-corrected chi connectivity index (χ0v) is 17.5. The molecule has 8 heteroatoms. The predicted molar refractivity (Wildman–Crippen MR) is 113 cm³/mol. The molecule has 1 fully saturated rings. The van der Waals surface area contributed by atoms with E-state index in [1.807, 2.05) is 36.4 Å². The van der Waals surface area contributed by atoms with Crippen molar-refractivity contribution in [1.82, 2.24) is 9.21 Å². The number of piperazine rings is 1. The number of benzene rings is 2. The van der Waals surface area contributed by atoms with Crippen LogP contribution in [0.15, 0.2) is 65.6 Å². The number of amides is 1. The van der Waals surface area contributed by atoms with Crippen LogP contribution in [0.3, 0.4) is 0 Å². The van der Waals surface area contributed by atoms with Crippen molar-refractivity contribution < 1.29 is 22.7 Å². The first-order valence-corrected chi connectivity index (χ1v) is 11.1. The van der Waals surface area contributed by atoms with Crippen LogP contribution in [-0.2, 0) is 19.6 Å². The number of esters is 1. The van der Waals surface area contributed by atoms with Crippen LogP contribution in [0.1, 0.15) is 22.8 Å². The zero-order chi connectivity index (χ0) is 21.6. The van der Waals surface area contributed by atoms with Crippen molar-refractivity contribution in [2.24, 2.45) is 0 Å². The van der Waals surface area contributed by atoms with E-state index < -0.39 is 16.0 Å². The summed E-state index contributed by atoms with van der Waals surface area (Å²) in [6.07, 6.45) is 3.57. The molecule has 0 radical (unpaired) electrons. The minimum absolute atomic E-state index is 0.0352. The summed E-state index contributed by atoms with van der Waals surface area (Å²) in [5.41, 5.74) is 1.16. The lowest BCUT2D eigenvalue weighted by Crippen LogP contribution is -2.49. The Balaban J connectivity index is 1.62. The molecule has 7 nitrogen and oxygen atoms in total. The molecular formula is C22H24N2O5S. The van der Waals surface area contributed by atoms with Crippen LogP contribution in [0.25, 0.3) is 6.08 Å². The van der Waals surface area contributed by atoms with Gasteiger partial charge in [-0.2, -0.15) is 4.31 Å². The highest BCUT2D eigenvalue weighted by Gasteiger charge is 2.29. The average molecular weight is 429 g/mol. The summed E-state index contributed by atoms with van der Waals surface area (Å²) in [5.74, 6) is -0.663. The van der Waals surface area contributed by atoms with Gasteiger partial charge in [0.25, 0.3) is 0 Å². The van der Waals surface area contributed by atoms with Gasteiger partial charge < -0.3 is 9.64 Å². The van der Waals surface area contributed by atoms with Crippen molar-refractivity contribution in [2.75, 3.05) is 32.8 Å². The van der Waals surface area contributed by atoms with Crippen LogP contribution in [-0.4, -0.2) is 62.3 Å². The average Bonchev–Trinajstić information content (AvgIpc) is 2.77. The second-order valence-corrected chi connectivity index (χ2v) is 8.79. The largest absolute Gasteiger partial charge is 0.458 e. The molecule has 3 rings (SSSR count). The van der Waals surface area contributed by atoms with E-state index in [-0.39, 0.29) is 36.1 Å². The lowest BCUT2D eigenvalue weighted by molar-refractivity contribution is -0.129. The summed E-state index contributed by atoms with van der Waals surface area (Å²) in [4.78, 5) is 25.4. The zero-order valence-electron chi connectivity index (χ0n) is 16.7. The molecule has 0 atom stereocenters. The van der Waals surface area contributed by atoms with Gasteiger partial charge in [-0.15, -0.1) is 0 Å². The van der Waals surface area contributed by atoms with Gasteiger partial charge in [-0.3, -0.25) is 4.79 Å². The van der Waals surface area contributed by atoms with Crippen LogP contribution >= 0.6 is 0 Å². The molecule has 0 spiro atoms. The summed E-state index contributed by atoms with van der Waals surface area (Å²) in [7, 11) is -3.75. The van der Waals surface area contributed by atoms with Crippen molar-refractivity contribution in [1.29, 1.82) is 0 Å². The molecule has 0 N–H and O–H groups in total. The number of rotatable bonds is 6. The third-order valence-electron chi connectivity index (χ3n) is 4.81. The Labute approximate surface area is 176 Å². The molecule has 0 unspecified atom stereocenters. The highest BCUT2D eigenvalue weighted by Crippen LogP contribution is 2.19. The molecular weight excluding hydrogens is 404 g/mol. The van der Waals surface area contributed by atoms with Gasteiger partial charge >= 0.3 is 5.97 Å². The van der Waals surface area contributed by atoms with Gasteiger partial charge in [-0.25, -0.2) is 13.2 Å². The number of carbonyl (C=O) groups excluding carboxylic acids is 2. The van der Waals surface area contributed by atoms with Gasteiger partial charge in [-0.1, -0.05) is 42.5 Å². The number of carbonyl (C=O) groups is 2. The first-order valence-electron chi connectivity index (χ1n) is 9.62. The van der Waals surface area contributed by atoms with E-state index in [0.29, 0.717) is 13.1 Å². The SMILES string of the molecule is CC(=O)N1CCN(S(=O)(=O)c2cccc(C(=O)OC/C=C/c3ccccc3)c2)CC1. The molecule has 1 aliphatic rings. The van der Waals surface area contributed by atoms with Crippen molar-refractivity contribution in [3.05, 3.63) is 71.8 Å². The van der Waals surface area contributed by atoms with Crippen molar-refractivity contribution in [3.63, 3.8) is 0 Å². The van der Waals surface area contributed by atoms with Crippen LogP contribution in [0.4, 0.5) is 0 Å². The Morgan fingerprint density at radius 2 is 1.70 bits per heavy atom. The minimum atomic E-state index is -3.75. The molecule has 2 aromatic carbocycles. The van der Waals surface area contributed by atoms with Gasteiger partial charge in [0, 0.05) is 33.1 Å². The molecule has 0 aromatic heterocycles. The molecule has 0 bridgehead atoms. The normalized spacial score (nSPS) is 15.3. The van der Waals surface area contributed by atoms with E-state index in [4.69, 9.17) is 4.74 Å². The van der Waals surface area contributed by atoms with Gasteiger partial charge in [0.05, 0.1) is 10.5 Å². The summed E-state index contributed by atoms with van der Waals surface area (Å²) >= 11 is 0. The fraction of sp³-hybridized carbons (Fsp3) is 0.273. The van der Waals surface area contributed by atoms with E-state index in [0.717, 1.165) is 5.56 Å². The van der Waals surface area contributed by atoms with Crippen LogP contribution in [0.5, 0.6) is 0 Å². The van der Waals surface area contributed by atoms with E-state index in [2.05, 4.69) is 0 Å². The molecule has 0 aliphatic carbocycles. The summed E-state index contributed by atoms with van der Waals surface area (Å²) < 4.78 is 32.4. The van der Waals surface area contributed by atoms with Crippen LogP contribution in [0, 0.1) is 0 Å². The molecule has 1 amide bonds. The summed E-state index contributed by atoms with van der Waals surface area (Å²) in [6, 6.07) is 15.4. The Morgan fingerprint density at radius 3 is 2.37 bits per heavy atom. The molecule has 0 saturated carbocycles. The van der Waals surface area contributed by atoms with E-state index in [9.17, 15) is 18.0 Å². The number of hydrogen-bond donors (Lipinski definition) is 0. The Morgan fingerprint density at radius 1 is 1.00 bits per heavy atom. The highest BCUT2D eigenvalue weighted by molar-refractivity contribution is 7.89. The fourth-order valence-corrected chi connectivity index (χ4v) is 4.60. The first kappa shape index (κ1) is 21.7. The maximum atomic E-state index is 12.9. The standard InChI is InChI=1S/C22H24N2O5S/c1-18(25)23-12-14-24(15-13-23)30(27,28)21-11-5-10-20(17-21)22(26)29-16-6-9-19-7-3-2-4-8-19/h2-11,17H,12-16H2,1H3/b9-6+. The molecule has 30 heavy (non-hydrogen) atoms. The highest BCUT2D eigenvalue weighted by atomic mass is 32.2. The maximum Gasteiger partial charge on any atom is 0.338 e. The van der Waals surface area contributed by atoms with Crippen molar-refractivity contribution in [3.8, 4) is 0 Å². The Hall–Kier alpha value is -2.97. The Kier molecular flexibility index (Phi) is 7.02. The predicted octanol–water partition coefficient (Wildman–Crippen LogP) is 2.41. The summed E-state index contributed by atoms with van der Waals surface area (Å²) in [5, 5.41) is 0. The first-order chi connectivity index (χ1) is 14.4. The van der Waals surface area contributed by atoms with Gasteiger partial charge in [0.15, 0.2) is 0 Å². The third kappa shape index (κ3) is 5.34. The number of ether oxygens (including phenoxy) is 1. The third-order valence-corrected chi connectivity index (χ3v) is 6.71. The maximum absolute atomic E-state index is 12.9. The lowest BCUT2D eigenvalue weighted by atomic mass is 10.2. The number of nitrogens with zero attached hydrogens (tertiary/aromatic N) is 2. The molecule has 2 aromatic rings. The number of hydrogen-bond acceptors (Lipinski definition) is 5. The number of sulfonamides is 1. The van der Waals surface area contributed by atoms with Crippen molar-refractivity contribution >= 4 is 28.0 Å². The van der Waals surface area contributed by atoms with Crippen molar-refractivity contribution in [2.45, 2.75) is 11.8 Å². The van der Waals surface area contributed by atoms with Gasteiger partial charge in [0.1, 0.15) is 6.61 Å². The quantitative estimate of drug-likeness (QED) is 0.660. The van der Waals surface area contributed by atoms with E-state index in [1.54, 1.807) is 11.0 Å². The second-order valence-electron chi connectivity index (χ2n) is 6.85. The molecule has 1 saturated heterocycles. The van der Waals surface area contributed by atoms with Gasteiger partial charge in [-0.05, 0) is 29.8 Å². The van der Waals surface area contributed by atoms with Crippen LogP contribution < -0.4 is 0 Å². The monoisotopic (exact) mass is 428 g/mol. The summed E-state index contributed by atoms with van der Waals surface area (Å²) in [6.45, 7) is 2.70. The van der Waals surface area contributed by atoms with E-state index >= 15 is 0 Å². The molecule has 1 aliphatic heterocycles. The van der Waals surface area contributed by atoms with E-state index in [1.165, 1.54) is 35.5 Å². The van der Waals surface area contributed by atoms with Crippen LogP contribution in [0.2, 0.25) is 0 Å². The minimum Gasteiger partial charge on any atom is -0.458 e. The second kappa shape index (κ2) is 9.69. The molecule has 158 valence electrons. The Bertz CT molecular complexity index is 1030. The van der Waals surface area contributed by atoms with Gasteiger partial charge in [0.2, 0.25) is 15.9 Å². The molecule has 1 heterocycles. The fourth-order valence-electron chi connectivity index (χ4n) is 3.13. The smallest absolute Gasteiger partial charge is 0.338 e.